The van der Waals surface area contributed by atoms with Gasteiger partial charge in [0.25, 0.3) is 5.91 Å². The number of rotatable bonds is 6. The van der Waals surface area contributed by atoms with E-state index in [0.717, 1.165) is 0 Å². The molecule has 29 heavy (non-hydrogen) atoms. The summed E-state index contributed by atoms with van der Waals surface area (Å²) in [5.41, 5.74) is 10.3. The van der Waals surface area contributed by atoms with Crippen LogP contribution in [0.1, 0.15) is 20.7 Å². The number of nitrogens with zero attached hydrogens (tertiary/aromatic N) is 2. The zero-order chi connectivity index (χ0) is 20.6. The normalized spacial score (nSPS) is 10.5. The first-order valence-electron chi connectivity index (χ1n) is 8.58. The summed E-state index contributed by atoms with van der Waals surface area (Å²) in [6.07, 6.45) is 0. The van der Waals surface area contributed by atoms with Gasteiger partial charge >= 0.3 is 5.97 Å². The number of nitrogen functional groups attached to an aromatic ring is 1. The second kappa shape index (κ2) is 9.14. The van der Waals surface area contributed by atoms with E-state index in [1.165, 1.54) is 0 Å². The number of methoxy groups -OCH3 is 1. The lowest BCUT2D eigenvalue weighted by Crippen LogP contribution is -2.10. The van der Waals surface area contributed by atoms with Gasteiger partial charge in [0, 0.05) is 5.69 Å². The van der Waals surface area contributed by atoms with Gasteiger partial charge in [0.15, 0.2) is 0 Å². The van der Waals surface area contributed by atoms with E-state index in [-0.39, 0.29) is 0 Å². The highest BCUT2D eigenvalue weighted by Gasteiger charge is 2.09. The van der Waals surface area contributed by atoms with E-state index in [9.17, 15) is 9.59 Å². The van der Waals surface area contributed by atoms with Crippen LogP contribution in [-0.2, 0) is 4.84 Å². The minimum absolute atomic E-state index is 0.292. The van der Waals surface area contributed by atoms with Gasteiger partial charge in [-0.05, 0) is 60.7 Å². The molecule has 0 radical (unpaired) electrons. The third kappa shape index (κ3) is 5.16. The van der Waals surface area contributed by atoms with Gasteiger partial charge in [-0.2, -0.15) is 0 Å². The van der Waals surface area contributed by atoms with Crippen LogP contribution in [0.4, 0.5) is 17.1 Å². The fraction of sp³-hybridized carbons (Fsp3) is 0.0476. The Balaban J connectivity index is 1.56. The number of azo groups is 1. The quantitative estimate of drug-likeness (QED) is 0.366. The first kappa shape index (κ1) is 19.6. The van der Waals surface area contributed by atoms with E-state index in [1.807, 2.05) is 0 Å². The third-order valence-corrected chi connectivity index (χ3v) is 3.90. The summed E-state index contributed by atoms with van der Waals surface area (Å²) < 4.78 is 5.04. The molecular weight excluding hydrogens is 372 g/mol. The molecule has 0 aromatic heterocycles. The maximum atomic E-state index is 12.0. The van der Waals surface area contributed by atoms with Gasteiger partial charge in [-0.15, -0.1) is 10.2 Å². The number of nitrogens with one attached hydrogen (secondary N) is 1. The highest BCUT2D eigenvalue weighted by molar-refractivity contribution is 5.99. The van der Waals surface area contributed by atoms with E-state index in [4.69, 9.17) is 15.3 Å². The average Bonchev–Trinajstić information content (AvgIpc) is 2.77. The van der Waals surface area contributed by atoms with Crippen molar-refractivity contribution in [1.82, 2.24) is 0 Å². The second-order valence-electron chi connectivity index (χ2n) is 5.86. The number of carbonyl (C=O) groups is 2. The highest BCUT2D eigenvalue weighted by Crippen LogP contribution is 2.19. The van der Waals surface area contributed by atoms with Crippen LogP contribution in [0.25, 0.3) is 0 Å². The summed E-state index contributed by atoms with van der Waals surface area (Å²) in [5, 5.41) is 7.57. The largest absolute Gasteiger partial charge is 0.497 e. The maximum Gasteiger partial charge on any atom is 0.362 e. The summed E-state index contributed by atoms with van der Waals surface area (Å²) in [7, 11) is 1.55. The Morgan fingerprint density at radius 3 is 2.28 bits per heavy atom. The molecule has 0 aliphatic rings. The van der Waals surface area contributed by atoms with Crippen molar-refractivity contribution in [3.05, 3.63) is 83.9 Å². The van der Waals surface area contributed by atoms with Gasteiger partial charge in [0.05, 0.1) is 29.6 Å². The molecule has 0 saturated heterocycles. The summed E-state index contributed by atoms with van der Waals surface area (Å²) in [6.45, 7) is 0. The van der Waals surface area contributed by atoms with Crippen LogP contribution >= 0.6 is 0 Å². The number of hydrogen-bond acceptors (Lipinski definition) is 7. The average molecular weight is 390 g/mol. The van der Waals surface area contributed by atoms with Gasteiger partial charge in [-0.1, -0.05) is 12.1 Å². The molecule has 146 valence electrons. The first-order chi connectivity index (χ1) is 14.1. The molecule has 8 nitrogen and oxygen atoms in total. The Labute approximate surface area is 166 Å². The number of para-hydroxylation sites is 1. The lowest BCUT2D eigenvalue weighted by atomic mass is 10.2. The molecule has 0 bridgehead atoms. The van der Waals surface area contributed by atoms with Crippen LogP contribution < -0.4 is 16.0 Å². The molecular formula is C21H18N4O4. The predicted molar refractivity (Wildman–Crippen MR) is 108 cm³/mol. The van der Waals surface area contributed by atoms with Crippen LogP contribution in [-0.4, -0.2) is 19.0 Å². The van der Waals surface area contributed by atoms with Crippen LogP contribution in [0.15, 0.2) is 83.0 Å². The van der Waals surface area contributed by atoms with Gasteiger partial charge in [0.1, 0.15) is 5.75 Å². The van der Waals surface area contributed by atoms with Crippen molar-refractivity contribution in [1.29, 1.82) is 0 Å². The second-order valence-corrected chi connectivity index (χ2v) is 5.86. The van der Waals surface area contributed by atoms with Crippen molar-refractivity contribution in [2.45, 2.75) is 0 Å². The van der Waals surface area contributed by atoms with Crippen LogP contribution in [0.3, 0.4) is 0 Å². The standard InChI is InChI=1S/C21H18N4O4/c1-28-17-12-6-14(7-13-17)21(27)29-25-16-10-8-15(9-11-16)23-24-20(26)18-4-2-3-5-19(18)22/h2-13,25H,22H2,1H3. The van der Waals surface area contributed by atoms with Crippen molar-refractivity contribution in [3.8, 4) is 5.75 Å². The fourth-order valence-corrected chi connectivity index (χ4v) is 2.34. The molecule has 3 N–H and O–H groups in total. The van der Waals surface area contributed by atoms with Gasteiger partial charge in [-0.3, -0.25) is 4.79 Å². The molecule has 0 aliphatic carbocycles. The molecule has 0 aliphatic heterocycles. The van der Waals surface area contributed by atoms with Crippen molar-refractivity contribution >= 4 is 28.9 Å². The van der Waals surface area contributed by atoms with E-state index >= 15 is 0 Å². The minimum atomic E-state index is -0.539. The maximum absolute atomic E-state index is 12.0. The number of nitrogens with two attached hydrogens (primary N) is 1. The number of carbonyl (C=O) groups excluding carboxylic acids is 2. The zero-order valence-electron chi connectivity index (χ0n) is 15.5. The van der Waals surface area contributed by atoms with Crippen LogP contribution in [0, 0.1) is 0 Å². The third-order valence-electron chi connectivity index (χ3n) is 3.90. The van der Waals surface area contributed by atoms with Gasteiger partial charge in [0.2, 0.25) is 0 Å². The summed E-state index contributed by atoms with van der Waals surface area (Å²) in [4.78, 5) is 29.1. The van der Waals surface area contributed by atoms with Crippen LogP contribution in [0.5, 0.6) is 5.75 Å². The molecule has 0 saturated carbocycles. The predicted octanol–water partition coefficient (Wildman–Crippen LogP) is 4.39. The topological polar surface area (TPSA) is 115 Å². The number of benzene rings is 3. The molecule has 3 rings (SSSR count). The minimum Gasteiger partial charge on any atom is -0.497 e. The summed E-state index contributed by atoms with van der Waals surface area (Å²) in [6, 6.07) is 19.7. The van der Waals surface area contributed by atoms with Crippen LogP contribution in [0.2, 0.25) is 0 Å². The Hall–Kier alpha value is -4.20. The van der Waals surface area contributed by atoms with Crippen molar-refractivity contribution in [3.63, 3.8) is 0 Å². The molecule has 3 aromatic carbocycles. The molecule has 8 heteroatoms. The molecule has 0 unspecified atom stereocenters. The van der Waals surface area contributed by atoms with E-state index in [2.05, 4.69) is 15.7 Å². The summed E-state index contributed by atoms with van der Waals surface area (Å²) >= 11 is 0. The number of hydrogen-bond donors (Lipinski definition) is 2. The Morgan fingerprint density at radius 2 is 1.62 bits per heavy atom. The Bertz CT molecular complexity index is 1030. The smallest absolute Gasteiger partial charge is 0.362 e. The van der Waals surface area contributed by atoms with Gasteiger partial charge < -0.3 is 15.3 Å². The van der Waals surface area contributed by atoms with E-state index in [0.29, 0.717) is 33.9 Å². The number of ether oxygens (including phenoxy) is 1. The fourth-order valence-electron chi connectivity index (χ4n) is 2.34. The number of anilines is 2. The molecule has 0 atom stereocenters. The van der Waals surface area contributed by atoms with Crippen molar-refractivity contribution in [2.24, 2.45) is 10.2 Å². The molecule has 3 aromatic rings. The number of amides is 1. The molecule has 0 heterocycles. The first-order valence-corrected chi connectivity index (χ1v) is 8.58. The molecule has 0 spiro atoms. The Morgan fingerprint density at radius 1 is 0.931 bits per heavy atom. The van der Waals surface area contributed by atoms with E-state index in [1.54, 1.807) is 79.9 Å². The van der Waals surface area contributed by atoms with Crippen molar-refractivity contribution < 1.29 is 19.2 Å². The van der Waals surface area contributed by atoms with Gasteiger partial charge in [-0.25, -0.2) is 10.3 Å². The lowest BCUT2D eigenvalue weighted by Gasteiger charge is -2.07. The Kier molecular flexibility index (Phi) is 6.16. The summed E-state index contributed by atoms with van der Waals surface area (Å²) in [5.74, 6) is -0.422. The van der Waals surface area contributed by atoms with E-state index < -0.39 is 11.9 Å². The molecule has 1 amide bonds. The zero-order valence-corrected chi connectivity index (χ0v) is 15.5. The highest BCUT2D eigenvalue weighted by atomic mass is 16.7. The monoisotopic (exact) mass is 390 g/mol. The van der Waals surface area contributed by atoms with Crippen molar-refractivity contribution in [2.75, 3.05) is 18.3 Å². The molecule has 0 fully saturated rings. The SMILES string of the molecule is COc1ccc(C(=O)ONc2ccc(N=NC(=O)c3ccccc3N)cc2)cc1. The lowest BCUT2D eigenvalue weighted by molar-refractivity contribution is 0.0596.